The third-order valence-corrected chi connectivity index (χ3v) is 6.15. The van der Waals surface area contributed by atoms with Crippen molar-refractivity contribution >= 4 is 23.2 Å². The van der Waals surface area contributed by atoms with Crippen molar-refractivity contribution in [1.29, 1.82) is 0 Å². The normalized spacial score (nSPS) is 19.1. The molecular formula is C22H27N5O3. The third-order valence-electron chi connectivity index (χ3n) is 6.15. The summed E-state index contributed by atoms with van der Waals surface area (Å²) >= 11 is 0. The summed E-state index contributed by atoms with van der Waals surface area (Å²) in [4.78, 5) is 26.3. The zero-order chi connectivity index (χ0) is 20.3. The molecule has 2 fully saturated rings. The van der Waals surface area contributed by atoms with E-state index in [4.69, 9.17) is 9.47 Å². The van der Waals surface area contributed by atoms with Crippen LogP contribution in [0.15, 0.2) is 30.6 Å². The molecule has 5 rings (SSSR count). The number of piperidine rings is 2. The first-order chi connectivity index (χ1) is 14.8. The highest BCUT2D eigenvalue weighted by Gasteiger charge is 2.26. The molecule has 2 saturated heterocycles. The number of fused-ring (bicyclic) bond motifs is 1. The molecule has 3 aliphatic heterocycles. The maximum Gasteiger partial charge on any atom is 0.231 e. The number of ether oxygens (including phenoxy) is 2. The first-order valence-electron chi connectivity index (χ1n) is 10.8. The van der Waals surface area contributed by atoms with Gasteiger partial charge in [-0.1, -0.05) is 0 Å². The smallest absolute Gasteiger partial charge is 0.231 e. The monoisotopic (exact) mass is 409 g/mol. The number of hydrogen-bond donors (Lipinski definition) is 1. The zero-order valence-electron chi connectivity index (χ0n) is 17.0. The van der Waals surface area contributed by atoms with E-state index in [-0.39, 0.29) is 18.6 Å². The van der Waals surface area contributed by atoms with Crippen LogP contribution in [0, 0.1) is 5.92 Å². The third kappa shape index (κ3) is 3.99. The molecule has 1 aromatic heterocycles. The highest BCUT2D eigenvalue weighted by atomic mass is 16.7. The molecular weight excluding hydrogens is 382 g/mol. The van der Waals surface area contributed by atoms with E-state index in [2.05, 4.69) is 31.2 Å². The second-order valence-corrected chi connectivity index (χ2v) is 8.10. The average Bonchev–Trinajstić information content (AvgIpc) is 3.28. The largest absolute Gasteiger partial charge is 0.454 e. The summed E-state index contributed by atoms with van der Waals surface area (Å²) in [6, 6.07) is 7.59. The molecule has 0 saturated carbocycles. The fraction of sp³-hybridized carbons (Fsp3) is 0.500. The first-order valence-corrected chi connectivity index (χ1v) is 10.8. The molecule has 4 heterocycles. The van der Waals surface area contributed by atoms with Crippen molar-refractivity contribution in [3.8, 4) is 11.5 Å². The average molecular weight is 409 g/mol. The second kappa shape index (κ2) is 8.38. The molecule has 8 nitrogen and oxygen atoms in total. The van der Waals surface area contributed by atoms with Crippen molar-refractivity contribution in [3.05, 3.63) is 30.6 Å². The summed E-state index contributed by atoms with van der Waals surface area (Å²) in [6.45, 7) is 4.00. The SMILES string of the molecule is O=C(Nc1ccc2c(c1)OCO2)C1CCN(c2cc(N3CCCCC3)ncn2)CC1. The van der Waals surface area contributed by atoms with Crippen molar-refractivity contribution in [2.75, 3.05) is 48.1 Å². The molecule has 8 heteroatoms. The van der Waals surface area contributed by atoms with Crippen LogP contribution < -0.4 is 24.6 Å². The molecule has 1 N–H and O–H groups in total. The van der Waals surface area contributed by atoms with Crippen molar-refractivity contribution in [3.63, 3.8) is 0 Å². The molecule has 0 radical (unpaired) electrons. The maximum atomic E-state index is 12.7. The lowest BCUT2D eigenvalue weighted by atomic mass is 9.95. The van der Waals surface area contributed by atoms with Gasteiger partial charge in [0.1, 0.15) is 18.0 Å². The molecule has 30 heavy (non-hydrogen) atoms. The van der Waals surface area contributed by atoms with Gasteiger partial charge in [-0.25, -0.2) is 9.97 Å². The summed E-state index contributed by atoms with van der Waals surface area (Å²) in [7, 11) is 0. The van der Waals surface area contributed by atoms with E-state index < -0.39 is 0 Å². The van der Waals surface area contributed by atoms with Gasteiger partial charge < -0.3 is 24.6 Å². The Morgan fingerprint density at radius 3 is 2.37 bits per heavy atom. The predicted octanol–water partition coefficient (Wildman–Crippen LogP) is 3.05. The Labute approximate surface area is 176 Å². The van der Waals surface area contributed by atoms with Gasteiger partial charge in [0.15, 0.2) is 11.5 Å². The molecule has 1 aromatic carbocycles. The quantitative estimate of drug-likeness (QED) is 0.831. The molecule has 0 spiro atoms. The molecule has 0 bridgehead atoms. The molecule has 0 unspecified atom stereocenters. The Hall–Kier alpha value is -3.03. The maximum absolute atomic E-state index is 12.7. The molecule has 0 aliphatic carbocycles. The van der Waals surface area contributed by atoms with E-state index in [1.165, 1.54) is 19.3 Å². The fourth-order valence-corrected chi connectivity index (χ4v) is 4.40. The Morgan fingerprint density at radius 2 is 1.60 bits per heavy atom. The molecule has 2 aromatic rings. The van der Waals surface area contributed by atoms with Crippen LogP contribution in [0.3, 0.4) is 0 Å². The highest BCUT2D eigenvalue weighted by Crippen LogP contribution is 2.34. The number of aromatic nitrogens is 2. The summed E-state index contributed by atoms with van der Waals surface area (Å²) in [5.41, 5.74) is 0.744. The lowest BCUT2D eigenvalue weighted by molar-refractivity contribution is -0.120. The molecule has 3 aliphatic rings. The Balaban J connectivity index is 1.17. The van der Waals surface area contributed by atoms with Gasteiger partial charge in [0.25, 0.3) is 0 Å². The van der Waals surface area contributed by atoms with Crippen LogP contribution in [-0.2, 0) is 4.79 Å². The fourth-order valence-electron chi connectivity index (χ4n) is 4.40. The van der Waals surface area contributed by atoms with Gasteiger partial charge in [-0.2, -0.15) is 0 Å². The molecule has 158 valence electrons. The van der Waals surface area contributed by atoms with E-state index in [0.717, 1.165) is 62.1 Å². The van der Waals surface area contributed by atoms with Gasteiger partial charge in [-0.15, -0.1) is 0 Å². The number of benzene rings is 1. The molecule has 0 atom stereocenters. The van der Waals surface area contributed by atoms with Crippen molar-refractivity contribution < 1.29 is 14.3 Å². The summed E-state index contributed by atoms with van der Waals surface area (Å²) < 4.78 is 10.7. The zero-order valence-corrected chi connectivity index (χ0v) is 17.0. The lowest BCUT2D eigenvalue weighted by Crippen LogP contribution is -2.39. The molecule has 1 amide bonds. The van der Waals surface area contributed by atoms with Gasteiger partial charge in [0.05, 0.1) is 0 Å². The van der Waals surface area contributed by atoms with Crippen LogP contribution in [0.5, 0.6) is 11.5 Å². The van der Waals surface area contributed by atoms with Gasteiger partial charge in [0, 0.05) is 49.9 Å². The van der Waals surface area contributed by atoms with Crippen LogP contribution in [0.25, 0.3) is 0 Å². The van der Waals surface area contributed by atoms with Crippen molar-refractivity contribution in [2.24, 2.45) is 5.92 Å². The lowest BCUT2D eigenvalue weighted by Gasteiger charge is -2.33. The minimum absolute atomic E-state index is 0.00456. The Bertz CT molecular complexity index is 907. The number of nitrogens with one attached hydrogen (secondary N) is 1. The number of rotatable bonds is 4. The summed E-state index contributed by atoms with van der Waals surface area (Å²) in [6.07, 6.45) is 7.03. The number of hydrogen-bond acceptors (Lipinski definition) is 7. The van der Waals surface area contributed by atoms with E-state index >= 15 is 0 Å². The van der Waals surface area contributed by atoms with Crippen molar-refractivity contribution in [2.45, 2.75) is 32.1 Å². The van der Waals surface area contributed by atoms with Crippen LogP contribution in [0.2, 0.25) is 0 Å². The van der Waals surface area contributed by atoms with Crippen LogP contribution in [0.1, 0.15) is 32.1 Å². The summed E-state index contributed by atoms with van der Waals surface area (Å²) in [5.74, 6) is 3.42. The topological polar surface area (TPSA) is 79.8 Å². The van der Waals surface area contributed by atoms with Gasteiger partial charge in [-0.05, 0) is 44.2 Å². The van der Waals surface area contributed by atoms with Crippen molar-refractivity contribution in [1.82, 2.24) is 9.97 Å². The number of nitrogens with zero attached hydrogens (tertiary/aromatic N) is 4. The van der Waals surface area contributed by atoms with E-state index in [1.54, 1.807) is 6.33 Å². The Morgan fingerprint density at radius 1 is 0.900 bits per heavy atom. The standard InChI is InChI=1S/C22H27N5O3/c28-22(25-17-4-5-18-19(12-17)30-15-29-18)16-6-10-27(11-7-16)21-13-20(23-14-24-21)26-8-2-1-3-9-26/h4-5,12-14,16H,1-3,6-11,15H2,(H,25,28). The number of anilines is 3. The van der Waals surface area contributed by atoms with Crippen LogP contribution >= 0.6 is 0 Å². The number of carbonyl (C=O) groups is 1. The first kappa shape index (κ1) is 19.0. The summed E-state index contributed by atoms with van der Waals surface area (Å²) in [5, 5.41) is 3.02. The van der Waals surface area contributed by atoms with Crippen LogP contribution in [0.4, 0.5) is 17.3 Å². The number of amides is 1. The van der Waals surface area contributed by atoms with E-state index in [0.29, 0.717) is 5.75 Å². The predicted molar refractivity (Wildman–Crippen MR) is 114 cm³/mol. The van der Waals surface area contributed by atoms with Gasteiger partial charge in [-0.3, -0.25) is 4.79 Å². The van der Waals surface area contributed by atoms with E-state index in [9.17, 15) is 4.79 Å². The Kier molecular flexibility index (Phi) is 5.29. The highest BCUT2D eigenvalue weighted by molar-refractivity contribution is 5.93. The minimum Gasteiger partial charge on any atom is -0.454 e. The van der Waals surface area contributed by atoms with Crippen LogP contribution in [-0.4, -0.2) is 48.8 Å². The number of carbonyl (C=O) groups excluding carboxylic acids is 1. The van der Waals surface area contributed by atoms with Gasteiger partial charge in [0.2, 0.25) is 12.7 Å². The second-order valence-electron chi connectivity index (χ2n) is 8.10. The van der Waals surface area contributed by atoms with Gasteiger partial charge >= 0.3 is 0 Å². The van der Waals surface area contributed by atoms with E-state index in [1.807, 2.05) is 18.2 Å². The minimum atomic E-state index is -0.00456.